The topological polar surface area (TPSA) is 46.8 Å². The summed E-state index contributed by atoms with van der Waals surface area (Å²) >= 11 is 0. The maximum atomic E-state index is 4.32. The molecule has 25 heavy (non-hydrogen) atoms. The van der Waals surface area contributed by atoms with Crippen LogP contribution in [0, 0.1) is 0 Å². The quantitative estimate of drug-likeness (QED) is 0.662. The van der Waals surface area contributed by atoms with Crippen LogP contribution in [-0.4, -0.2) is 38.0 Å². The highest BCUT2D eigenvalue weighted by atomic mass is 15.4. The van der Waals surface area contributed by atoms with Crippen molar-refractivity contribution in [1.82, 2.24) is 24.9 Å². The molecule has 2 aromatic heterocycles. The lowest BCUT2D eigenvalue weighted by Crippen LogP contribution is -2.22. The molecule has 0 aliphatic heterocycles. The number of hydrogen-bond acceptors (Lipinski definition) is 4. The average Bonchev–Trinajstić information content (AvgIpc) is 3.14. The molecule has 0 N–H and O–H groups in total. The largest absolute Gasteiger partial charge is 0.298 e. The summed E-state index contributed by atoms with van der Waals surface area (Å²) in [6.45, 7) is 7.15. The van der Waals surface area contributed by atoms with Crippen LogP contribution in [0.4, 0.5) is 0 Å². The molecule has 0 atom stereocenters. The van der Waals surface area contributed by atoms with Gasteiger partial charge in [0.25, 0.3) is 0 Å². The predicted octanol–water partition coefficient (Wildman–Crippen LogP) is 3.67. The first kappa shape index (κ1) is 17.0. The number of hydrogen-bond donors (Lipinski definition) is 0. The van der Waals surface area contributed by atoms with E-state index in [1.807, 2.05) is 53.4 Å². The Balaban J connectivity index is 1.84. The van der Waals surface area contributed by atoms with Gasteiger partial charge < -0.3 is 0 Å². The molecule has 0 aliphatic rings. The minimum Gasteiger partial charge on any atom is -0.298 e. The van der Waals surface area contributed by atoms with Gasteiger partial charge in [-0.1, -0.05) is 49.4 Å². The van der Waals surface area contributed by atoms with Crippen molar-refractivity contribution in [2.75, 3.05) is 13.1 Å². The number of rotatable bonds is 7. The SMILES string of the molecule is CCN(CC)Cc1cn(-c2ccccc2/C=C/c2ccccn2)nn1. The molecule has 0 bridgehead atoms. The van der Waals surface area contributed by atoms with Crippen LogP contribution in [0.5, 0.6) is 0 Å². The zero-order chi connectivity index (χ0) is 17.5. The third kappa shape index (κ3) is 4.39. The lowest BCUT2D eigenvalue weighted by atomic mass is 10.1. The lowest BCUT2D eigenvalue weighted by molar-refractivity contribution is 0.292. The van der Waals surface area contributed by atoms with E-state index in [1.54, 1.807) is 6.20 Å². The molecule has 0 saturated carbocycles. The molecule has 0 amide bonds. The average molecular weight is 333 g/mol. The summed E-state index contributed by atoms with van der Waals surface area (Å²) < 4.78 is 1.84. The van der Waals surface area contributed by atoms with E-state index < -0.39 is 0 Å². The molecule has 5 heteroatoms. The second-order valence-corrected chi connectivity index (χ2v) is 5.76. The van der Waals surface area contributed by atoms with Crippen molar-refractivity contribution in [2.45, 2.75) is 20.4 Å². The molecule has 3 rings (SSSR count). The van der Waals surface area contributed by atoms with E-state index in [0.29, 0.717) is 0 Å². The van der Waals surface area contributed by atoms with Gasteiger partial charge in [-0.2, -0.15) is 0 Å². The maximum Gasteiger partial charge on any atom is 0.0971 e. The third-order valence-corrected chi connectivity index (χ3v) is 4.13. The van der Waals surface area contributed by atoms with Crippen molar-refractivity contribution in [3.63, 3.8) is 0 Å². The normalized spacial score (nSPS) is 11.5. The molecule has 3 aromatic rings. The van der Waals surface area contributed by atoms with Gasteiger partial charge in [0.15, 0.2) is 0 Å². The molecule has 1 aromatic carbocycles. The van der Waals surface area contributed by atoms with Crippen molar-refractivity contribution in [3.05, 3.63) is 71.8 Å². The summed E-state index contributed by atoms with van der Waals surface area (Å²) in [5, 5.41) is 8.64. The Morgan fingerprint density at radius 3 is 2.56 bits per heavy atom. The predicted molar refractivity (Wildman–Crippen MR) is 101 cm³/mol. The maximum absolute atomic E-state index is 4.32. The van der Waals surface area contributed by atoms with Gasteiger partial charge >= 0.3 is 0 Å². The van der Waals surface area contributed by atoms with E-state index >= 15 is 0 Å². The fourth-order valence-electron chi connectivity index (χ4n) is 2.65. The van der Waals surface area contributed by atoms with Gasteiger partial charge in [0.2, 0.25) is 0 Å². The molecular weight excluding hydrogens is 310 g/mol. The smallest absolute Gasteiger partial charge is 0.0971 e. The highest BCUT2D eigenvalue weighted by molar-refractivity contribution is 5.72. The number of nitrogens with zero attached hydrogens (tertiary/aromatic N) is 5. The molecule has 0 unspecified atom stereocenters. The summed E-state index contributed by atoms with van der Waals surface area (Å²) in [5.41, 5.74) is 3.99. The van der Waals surface area contributed by atoms with E-state index in [4.69, 9.17) is 0 Å². The van der Waals surface area contributed by atoms with Crippen LogP contribution < -0.4 is 0 Å². The first-order chi connectivity index (χ1) is 12.3. The zero-order valence-corrected chi connectivity index (χ0v) is 14.7. The van der Waals surface area contributed by atoms with Crippen LogP contribution >= 0.6 is 0 Å². The minimum atomic E-state index is 0.818. The Hall–Kier alpha value is -2.79. The van der Waals surface area contributed by atoms with Crippen LogP contribution in [-0.2, 0) is 6.54 Å². The number of benzene rings is 1. The van der Waals surface area contributed by atoms with Gasteiger partial charge in [0.05, 0.1) is 23.3 Å². The van der Waals surface area contributed by atoms with Crippen LogP contribution in [0.3, 0.4) is 0 Å². The lowest BCUT2D eigenvalue weighted by Gasteiger charge is -2.15. The van der Waals surface area contributed by atoms with Gasteiger partial charge in [0.1, 0.15) is 0 Å². The molecular formula is C20H23N5. The number of aromatic nitrogens is 4. The van der Waals surface area contributed by atoms with Gasteiger partial charge in [-0.3, -0.25) is 9.88 Å². The molecule has 5 nitrogen and oxygen atoms in total. The summed E-state index contributed by atoms with van der Waals surface area (Å²) in [4.78, 5) is 6.65. The third-order valence-electron chi connectivity index (χ3n) is 4.13. The second-order valence-electron chi connectivity index (χ2n) is 5.76. The summed E-state index contributed by atoms with van der Waals surface area (Å²) in [7, 11) is 0. The molecule has 2 heterocycles. The molecule has 0 radical (unpaired) electrons. The molecule has 0 saturated heterocycles. The molecule has 0 fully saturated rings. The standard InChI is InChI=1S/C20H23N5/c1-3-24(4-2)15-19-16-25(23-22-19)20-11-6-5-9-17(20)12-13-18-10-7-8-14-21-18/h5-14,16H,3-4,15H2,1-2H3/b13-12+. The fraction of sp³-hybridized carbons (Fsp3) is 0.250. The van der Waals surface area contributed by atoms with Crippen LogP contribution in [0.15, 0.2) is 54.9 Å². The van der Waals surface area contributed by atoms with Crippen molar-refractivity contribution in [1.29, 1.82) is 0 Å². The second kappa shape index (κ2) is 8.35. The summed E-state index contributed by atoms with van der Waals surface area (Å²) in [6, 6.07) is 14.0. The van der Waals surface area contributed by atoms with E-state index in [9.17, 15) is 0 Å². The first-order valence-electron chi connectivity index (χ1n) is 8.62. The Kier molecular flexibility index (Phi) is 5.69. The highest BCUT2D eigenvalue weighted by Crippen LogP contribution is 2.17. The zero-order valence-electron chi connectivity index (χ0n) is 14.7. The van der Waals surface area contributed by atoms with Crippen molar-refractivity contribution >= 4 is 12.2 Å². The molecule has 0 aliphatic carbocycles. The van der Waals surface area contributed by atoms with Crippen molar-refractivity contribution < 1.29 is 0 Å². The van der Waals surface area contributed by atoms with Gasteiger partial charge in [0, 0.05) is 18.3 Å². The first-order valence-corrected chi connectivity index (χ1v) is 8.62. The Labute approximate surface area is 148 Å². The minimum absolute atomic E-state index is 0.818. The Morgan fingerprint density at radius 2 is 1.80 bits per heavy atom. The molecule has 128 valence electrons. The van der Waals surface area contributed by atoms with Crippen molar-refractivity contribution in [2.24, 2.45) is 0 Å². The number of para-hydroxylation sites is 1. The monoisotopic (exact) mass is 333 g/mol. The van der Waals surface area contributed by atoms with Crippen LogP contribution in [0.1, 0.15) is 30.8 Å². The molecule has 0 spiro atoms. The van der Waals surface area contributed by atoms with E-state index in [-0.39, 0.29) is 0 Å². The summed E-state index contributed by atoms with van der Waals surface area (Å²) in [5.74, 6) is 0. The fourth-order valence-corrected chi connectivity index (χ4v) is 2.65. The van der Waals surface area contributed by atoms with Gasteiger partial charge in [-0.15, -0.1) is 5.10 Å². The van der Waals surface area contributed by atoms with Crippen LogP contribution in [0.2, 0.25) is 0 Å². The Morgan fingerprint density at radius 1 is 1.00 bits per heavy atom. The Bertz CT molecular complexity index is 819. The van der Waals surface area contributed by atoms with Crippen LogP contribution in [0.25, 0.3) is 17.8 Å². The van der Waals surface area contributed by atoms with E-state index in [0.717, 1.165) is 42.3 Å². The van der Waals surface area contributed by atoms with E-state index in [1.165, 1.54) is 0 Å². The summed E-state index contributed by atoms with van der Waals surface area (Å²) in [6.07, 6.45) is 7.87. The number of pyridine rings is 1. The van der Waals surface area contributed by atoms with Crippen molar-refractivity contribution in [3.8, 4) is 5.69 Å². The highest BCUT2D eigenvalue weighted by Gasteiger charge is 2.08. The van der Waals surface area contributed by atoms with Gasteiger partial charge in [-0.05, 0) is 37.4 Å². The van der Waals surface area contributed by atoms with E-state index in [2.05, 4.69) is 46.2 Å². The van der Waals surface area contributed by atoms with Gasteiger partial charge in [-0.25, -0.2) is 4.68 Å².